The van der Waals surface area contributed by atoms with Crippen molar-refractivity contribution in [3.63, 3.8) is 0 Å². The summed E-state index contributed by atoms with van der Waals surface area (Å²) in [7, 11) is 0. The maximum Gasteiger partial charge on any atom is 0.326 e. The molecule has 0 spiro atoms. The minimum absolute atomic E-state index is 0.0577. The number of aromatic amines is 1. The van der Waals surface area contributed by atoms with Gasteiger partial charge in [0, 0.05) is 24.1 Å². The highest BCUT2D eigenvalue weighted by Crippen LogP contribution is 2.10. The molecule has 5 unspecified atom stereocenters. The third-order valence-electron chi connectivity index (χ3n) is 4.96. The minimum atomic E-state index is -1.57. The van der Waals surface area contributed by atoms with Gasteiger partial charge >= 0.3 is 5.97 Å². The van der Waals surface area contributed by atoms with Crippen molar-refractivity contribution in [3.05, 3.63) is 18.2 Å². The van der Waals surface area contributed by atoms with E-state index in [-0.39, 0.29) is 18.1 Å². The highest BCUT2D eigenvalue weighted by Gasteiger charge is 2.33. The second-order valence-corrected chi connectivity index (χ2v) is 7.94. The quantitative estimate of drug-likeness (QED) is 0.133. The zero-order valence-corrected chi connectivity index (χ0v) is 19.3. The maximum absolute atomic E-state index is 13.0. The third-order valence-corrected chi connectivity index (χ3v) is 5.35. The zero-order chi connectivity index (χ0) is 25.1. The number of amides is 4. The Morgan fingerprint density at radius 2 is 1.76 bits per heavy atom. The summed E-state index contributed by atoms with van der Waals surface area (Å²) in [5.74, 6) is -4.71. The van der Waals surface area contributed by atoms with E-state index >= 15 is 0 Å². The number of aliphatic carboxylic acids is 1. The minimum Gasteiger partial charge on any atom is -0.480 e. The summed E-state index contributed by atoms with van der Waals surface area (Å²) in [6.45, 7) is 3.57. The van der Waals surface area contributed by atoms with Crippen molar-refractivity contribution >= 4 is 42.2 Å². The number of aromatic nitrogens is 2. The van der Waals surface area contributed by atoms with Gasteiger partial charge in [0.05, 0.1) is 18.8 Å². The number of thiol groups is 1. The Kier molecular flexibility index (Phi) is 11.4. The SMILES string of the molecule is CCC(C)C(NC(=O)C(N)CS)C(=O)NC(Cc1cnc[nH]1)C(=O)NC(CC(N)=O)C(=O)O. The van der Waals surface area contributed by atoms with Crippen molar-refractivity contribution in [2.75, 3.05) is 5.75 Å². The molecule has 5 atom stereocenters. The molecule has 0 aliphatic carbocycles. The van der Waals surface area contributed by atoms with Crippen LogP contribution in [0.15, 0.2) is 12.5 Å². The second kappa shape index (κ2) is 13.4. The first kappa shape index (κ1) is 27.9. The lowest BCUT2D eigenvalue weighted by Crippen LogP contribution is -2.59. The number of hydrogen-bond acceptors (Lipinski definition) is 8. The molecule has 0 saturated carbocycles. The standard InChI is InChI=1S/C19H31N7O6S/c1-3-9(2)15(26-16(28)11(20)7-33)18(30)24-12(4-10-6-22-8-23-10)17(29)25-13(19(31)32)5-14(21)27/h6,8-9,11-13,15,33H,3-5,7,20H2,1-2H3,(H2,21,27)(H,22,23)(H,24,30)(H,25,29)(H,26,28)(H,31,32). The summed E-state index contributed by atoms with van der Waals surface area (Å²) in [5.41, 5.74) is 11.2. The Balaban J connectivity index is 3.09. The molecule has 0 radical (unpaired) electrons. The maximum atomic E-state index is 13.0. The zero-order valence-electron chi connectivity index (χ0n) is 18.4. The number of nitrogens with zero attached hydrogens (tertiary/aromatic N) is 1. The molecular formula is C19H31N7O6S. The number of hydrogen-bond donors (Lipinski definition) is 8. The average molecular weight is 486 g/mol. The van der Waals surface area contributed by atoms with E-state index in [1.807, 2.05) is 6.92 Å². The van der Waals surface area contributed by atoms with Crippen molar-refractivity contribution in [1.82, 2.24) is 25.9 Å². The van der Waals surface area contributed by atoms with E-state index in [4.69, 9.17) is 11.5 Å². The lowest BCUT2D eigenvalue weighted by atomic mass is 9.97. The highest BCUT2D eigenvalue weighted by atomic mass is 32.1. The van der Waals surface area contributed by atoms with Crippen molar-refractivity contribution in [1.29, 1.82) is 0 Å². The van der Waals surface area contributed by atoms with Gasteiger partial charge in [-0.1, -0.05) is 20.3 Å². The predicted molar refractivity (Wildman–Crippen MR) is 121 cm³/mol. The molecule has 1 heterocycles. The molecule has 184 valence electrons. The van der Waals surface area contributed by atoms with Crippen LogP contribution in [0.2, 0.25) is 0 Å². The molecule has 33 heavy (non-hydrogen) atoms. The molecule has 13 nitrogen and oxygen atoms in total. The second-order valence-electron chi connectivity index (χ2n) is 7.57. The lowest BCUT2D eigenvalue weighted by Gasteiger charge is -2.27. The highest BCUT2D eigenvalue weighted by molar-refractivity contribution is 7.80. The van der Waals surface area contributed by atoms with Gasteiger partial charge in [0.25, 0.3) is 0 Å². The smallest absolute Gasteiger partial charge is 0.326 e. The molecule has 1 rings (SSSR count). The van der Waals surface area contributed by atoms with Gasteiger partial charge in [-0.3, -0.25) is 19.2 Å². The normalized spacial score (nSPS) is 15.4. The molecule has 0 saturated heterocycles. The fourth-order valence-corrected chi connectivity index (χ4v) is 2.97. The largest absolute Gasteiger partial charge is 0.480 e. The Bertz CT molecular complexity index is 835. The van der Waals surface area contributed by atoms with Gasteiger partial charge in [-0.15, -0.1) is 0 Å². The van der Waals surface area contributed by atoms with Crippen LogP contribution >= 0.6 is 12.6 Å². The molecule has 0 fully saturated rings. The van der Waals surface area contributed by atoms with Gasteiger partial charge in [0.15, 0.2) is 0 Å². The number of nitrogens with one attached hydrogen (secondary N) is 4. The van der Waals surface area contributed by atoms with Crippen LogP contribution in [0.1, 0.15) is 32.4 Å². The van der Waals surface area contributed by atoms with E-state index in [9.17, 15) is 29.1 Å². The number of carbonyl (C=O) groups is 5. The molecule has 4 amide bonds. The summed E-state index contributed by atoms with van der Waals surface area (Å²) in [5, 5.41) is 16.6. The van der Waals surface area contributed by atoms with Crippen molar-refractivity contribution in [3.8, 4) is 0 Å². The molecule has 1 aromatic rings. The number of imidazole rings is 1. The van der Waals surface area contributed by atoms with Crippen LogP contribution in [0.25, 0.3) is 0 Å². The Morgan fingerprint density at radius 1 is 1.12 bits per heavy atom. The van der Waals surface area contributed by atoms with E-state index < -0.39 is 60.2 Å². The fourth-order valence-electron chi connectivity index (χ4n) is 2.81. The summed E-state index contributed by atoms with van der Waals surface area (Å²) >= 11 is 3.98. The number of carboxylic acid groups (broad SMARTS) is 1. The fraction of sp³-hybridized carbons (Fsp3) is 0.579. The van der Waals surface area contributed by atoms with Crippen LogP contribution in [0, 0.1) is 5.92 Å². The first-order chi connectivity index (χ1) is 15.5. The van der Waals surface area contributed by atoms with E-state index in [0.717, 1.165) is 0 Å². The topological polar surface area (TPSA) is 222 Å². The van der Waals surface area contributed by atoms with Crippen LogP contribution in [0.3, 0.4) is 0 Å². The monoisotopic (exact) mass is 485 g/mol. The van der Waals surface area contributed by atoms with Gasteiger partial charge in [0.1, 0.15) is 18.1 Å². The molecule has 1 aromatic heterocycles. The van der Waals surface area contributed by atoms with Crippen LogP contribution in [-0.2, 0) is 30.4 Å². The van der Waals surface area contributed by atoms with Gasteiger partial charge < -0.3 is 37.5 Å². The molecule has 9 N–H and O–H groups in total. The molecule has 0 aliphatic heterocycles. The molecular weight excluding hydrogens is 454 g/mol. The Labute approximate surface area is 196 Å². The lowest BCUT2D eigenvalue weighted by molar-refractivity contribution is -0.143. The van der Waals surface area contributed by atoms with Gasteiger partial charge in [-0.2, -0.15) is 12.6 Å². The molecule has 0 bridgehead atoms. The summed E-state index contributed by atoms with van der Waals surface area (Å²) in [6.07, 6.45) is 2.66. The van der Waals surface area contributed by atoms with Crippen molar-refractivity contribution in [2.45, 2.75) is 57.3 Å². The van der Waals surface area contributed by atoms with Crippen LogP contribution in [0.5, 0.6) is 0 Å². The number of rotatable bonds is 14. The number of nitrogens with two attached hydrogens (primary N) is 2. The van der Waals surface area contributed by atoms with E-state index in [2.05, 4.69) is 38.5 Å². The van der Waals surface area contributed by atoms with Crippen molar-refractivity contribution < 1.29 is 29.1 Å². The van der Waals surface area contributed by atoms with Crippen molar-refractivity contribution in [2.24, 2.45) is 17.4 Å². The third kappa shape index (κ3) is 9.10. The number of carbonyl (C=O) groups excluding carboxylic acids is 4. The van der Waals surface area contributed by atoms with Gasteiger partial charge in [-0.05, 0) is 5.92 Å². The van der Waals surface area contributed by atoms with Gasteiger partial charge in [-0.25, -0.2) is 9.78 Å². The van der Waals surface area contributed by atoms with E-state index in [1.165, 1.54) is 12.5 Å². The summed E-state index contributed by atoms with van der Waals surface area (Å²) in [4.78, 5) is 67.3. The molecule has 0 aliphatic rings. The van der Waals surface area contributed by atoms with E-state index in [0.29, 0.717) is 12.1 Å². The Morgan fingerprint density at radius 3 is 2.24 bits per heavy atom. The predicted octanol–water partition coefficient (Wildman–Crippen LogP) is -2.33. The van der Waals surface area contributed by atoms with Crippen LogP contribution in [0.4, 0.5) is 0 Å². The summed E-state index contributed by atoms with van der Waals surface area (Å²) < 4.78 is 0. The molecule has 0 aromatic carbocycles. The van der Waals surface area contributed by atoms with Crippen LogP contribution < -0.4 is 27.4 Å². The number of primary amides is 1. The first-order valence-corrected chi connectivity index (χ1v) is 10.9. The number of carboxylic acids is 1. The first-order valence-electron chi connectivity index (χ1n) is 10.3. The van der Waals surface area contributed by atoms with E-state index in [1.54, 1.807) is 6.92 Å². The average Bonchev–Trinajstić information content (AvgIpc) is 3.27. The number of H-pyrrole nitrogens is 1. The molecule has 14 heteroatoms. The summed E-state index contributed by atoms with van der Waals surface area (Å²) in [6, 6.07) is -4.75. The Hall–Kier alpha value is -3.13. The van der Waals surface area contributed by atoms with Gasteiger partial charge in [0.2, 0.25) is 23.6 Å². The van der Waals surface area contributed by atoms with Crippen LogP contribution in [-0.4, -0.2) is 74.6 Å².